The van der Waals surface area contributed by atoms with Crippen LogP contribution in [-0.2, 0) is 16.6 Å². The summed E-state index contributed by atoms with van der Waals surface area (Å²) >= 11 is 0. The SMILES string of the molecule is COc1ccc(C)cc1CNS(=O)(=O)CCN. The number of hydrogen-bond donors (Lipinski definition) is 2. The lowest BCUT2D eigenvalue weighted by molar-refractivity contribution is 0.409. The molecule has 3 N–H and O–H groups in total. The molecule has 0 radical (unpaired) electrons. The molecule has 0 amide bonds. The van der Waals surface area contributed by atoms with E-state index in [1.54, 1.807) is 7.11 Å². The van der Waals surface area contributed by atoms with Crippen molar-refractivity contribution in [1.82, 2.24) is 4.72 Å². The lowest BCUT2D eigenvalue weighted by atomic mass is 10.1. The molecule has 1 rings (SSSR count). The number of aryl methyl sites for hydroxylation is 1. The van der Waals surface area contributed by atoms with Gasteiger partial charge in [-0.2, -0.15) is 0 Å². The molecular weight excluding hydrogens is 240 g/mol. The Balaban J connectivity index is 2.78. The van der Waals surface area contributed by atoms with E-state index in [1.165, 1.54) is 0 Å². The first kappa shape index (κ1) is 14.0. The van der Waals surface area contributed by atoms with Gasteiger partial charge in [0.15, 0.2) is 0 Å². The van der Waals surface area contributed by atoms with Crippen molar-refractivity contribution >= 4 is 10.0 Å². The first-order valence-electron chi connectivity index (χ1n) is 5.29. The third-order valence-electron chi connectivity index (χ3n) is 2.31. The van der Waals surface area contributed by atoms with Crippen LogP contribution in [0.3, 0.4) is 0 Å². The van der Waals surface area contributed by atoms with Crippen LogP contribution in [0.2, 0.25) is 0 Å². The largest absolute Gasteiger partial charge is 0.496 e. The Morgan fingerprint density at radius 3 is 2.71 bits per heavy atom. The van der Waals surface area contributed by atoms with Crippen molar-refractivity contribution in [2.45, 2.75) is 13.5 Å². The average Bonchev–Trinajstić information content (AvgIpc) is 2.27. The molecule has 96 valence electrons. The van der Waals surface area contributed by atoms with Gasteiger partial charge in [-0.05, 0) is 13.0 Å². The zero-order valence-electron chi connectivity index (χ0n) is 10.1. The van der Waals surface area contributed by atoms with Crippen LogP contribution in [0.15, 0.2) is 18.2 Å². The average molecular weight is 258 g/mol. The Hall–Kier alpha value is -1.11. The van der Waals surface area contributed by atoms with Gasteiger partial charge in [0.2, 0.25) is 10.0 Å². The van der Waals surface area contributed by atoms with Crippen molar-refractivity contribution < 1.29 is 13.2 Å². The third kappa shape index (κ3) is 4.33. The number of nitrogens with two attached hydrogens (primary N) is 1. The second kappa shape index (κ2) is 6.00. The lowest BCUT2D eigenvalue weighted by Gasteiger charge is -2.10. The van der Waals surface area contributed by atoms with E-state index in [4.69, 9.17) is 10.5 Å². The van der Waals surface area contributed by atoms with Crippen molar-refractivity contribution in [3.8, 4) is 5.75 Å². The highest BCUT2D eigenvalue weighted by molar-refractivity contribution is 7.89. The van der Waals surface area contributed by atoms with Gasteiger partial charge in [-0.25, -0.2) is 13.1 Å². The van der Waals surface area contributed by atoms with Gasteiger partial charge in [-0.3, -0.25) is 0 Å². The van der Waals surface area contributed by atoms with Crippen LogP contribution in [0.4, 0.5) is 0 Å². The quantitative estimate of drug-likeness (QED) is 0.773. The van der Waals surface area contributed by atoms with Crippen LogP contribution in [0.1, 0.15) is 11.1 Å². The molecule has 0 heterocycles. The summed E-state index contributed by atoms with van der Waals surface area (Å²) in [5.74, 6) is 0.604. The monoisotopic (exact) mass is 258 g/mol. The summed E-state index contributed by atoms with van der Waals surface area (Å²) in [5, 5.41) is 0. The van der Waals surface area contributed by atoms with Gasteiger partial charge in [0.1, 0.15) is 5.75 Å². The summed E-state index contributed by atoms with van der Waals surface area (Å²) in [6, 6.07) is 5.63. The molecule has 0 aromatic heterocycles. The zero-order valence-corrected chi connectivity index (χ0v) is 10.9. The van der Waals surface area contributed by atoms with Crippen molar-refractivity contribution in [1.29, 1.82) is 0 Å². The van der Waals surface area contributed by atoms with Crippen LogP contribution in [-0.4, -0.2) is 27.8 Å². The molecule has 0 aliphatic carbocycles. The number of hydrogen-bond acceptors (Lipinski definition) is 4. The molecule has 5 nitrogen and oxygen atoms in total. The fraction of sp³-hybridized carbons (Fsp3) is 0.455. The molecular formula is C11H18N2O3S. The van der Waals surface area contributed by atoms with Crippen LogP contribution in [0.25, 0.3) is 0 Å². The number of rotatable bonds is 6. The van der Waals surface area contributed by atoms with Crippen molar-refractivity contribution in [2.24, 2.45) is 5.73 Å². The number of benzene rings is 1. The minimum atomic E-state index is -3.30. The molecule has 0 aliphatic rings. The predicted molar refractivity (Wildman–Crippen MR) is 67.4 cm³/mol. The standard InChI is InChI=1S/C11H18N2O3S/c1-9-3-4-11(16-2)10(7-9)8-13-17(14,15)6-5-12/h3-4,7,13H,5-6,8,12H2,1-2H3. The van der Waals surface area contributed by atoms with Gasteiger partial charge in [-0.15, -0.1) is 0 Å². The summed E-state index contributed by atoms with van der Waals surface area (Å²) in [7, 11) is -1.74. The Labute approximate surface area is 102 Å². The molecule has 0 saturated carbocycles. The number of ether oxygens (including phenoxy) is 1. The predicted octanol–water partition coefficient (Wildman–Crippen LogP) is 0.382. The number of methoxy groups -OCH3 is 1. The van der Waals surface area contributed by atoms with E-state index in [2.05, 4.69) is 4.72 Å². The maximum atomic E-state index is 11.5. The van der Waals surface area contributed by atoms with E-state index in [9.17, 15) is 8.42 Å². The molecule has 17 heavy (non-hydrogen) atoms. The molecule has 6 heteroatoms. The molecule has 1 aromatic rings. The maximum absolute atomic E-state index is 11.5. The van der Waals surface area contributed by atoms with Crippen molar-refractivity contribution in [3.63, 3.8) is 0 Å². The number of nitrogens with one attached hydrogen (secondary N) is 1. The van der Waals surface area contributed by atoms with E-state index in [1.807, 2.05) is 25.1 Å². The maximum Gasteiger partial charge on any atom is 0.213 e. The van der Waals surface area contributed by atoms with Crippen LogP contribution >= 0.6 is 0 Å². The minimum absolute atomic E-state index is 0.0683. The number of sulfonamides is 1. The topological polar surface area (TPSA) is 81.4 Å². The van der Waals surface area contributed by atoms with E-state index < -0.39 is 10.0 Å². The Morgan fingerprint density at radius 2 is 2.12 bits per heavy atom. The summed E-state index contributed by atoms with van der Waals surface area (Å²) in [6.45, 7) is 2.27. The Kier molecular flexibility index (Phi) is 4.92. The highest BCUT2D eigenvalue weighted by Crippen LogP contribution is 2.19. The minimum Gasteiger partial charge on any atom is -0.496 e. The summed E-state index contributed by atoms with van der Waals surface area (Å²) < 4.78 is 30.6. The van der Waals surface area contributed by atoms with Gasteiger partial charge in [0.25, 0.3) is 0 Å². The fourth-order valence-corrected chi connectivity index (χ4v) is 2.29. The molecule has 0 spiro atoms. The molecule has 0 bridgehead atoms. The molecule has 0 saturated heterocycles. The van der Waals surface area contributed by atoms with Gasteiger partial charge >= 0.3 is 0 Å². The summed E-state index contributed by atoms with van der Waals surface area (Å²) in [5.41, 5.74) is 7.09. The first-order valence-corrected chi connectivity index (χ1v) is 6.94. The Bertz CT molecular complexity index is 472. The van der Waals surface area contributed by atoms with Crippen LogP contribution < -0.4 is 15.2 Å². The molecule has 0 fully saturated rings. The molecule has 0 aliphatic heterocycles. The first-order chi connectivity index (χ1) is 7.98. The normalized spacial score (nSPS) is 11.5. The van der Waals surface area contributed by atoms with Gasteiger partial charge < -0.3 is 10.5 Å². The van der Waals surface area contributed by atoms with Gasteiger partial charge in [0, 0.05) is 18.7 Å². The van der Waals surface area contributed by atoms with Crippen molar-refractivity contribution in [3.05, 3.63) is 29.3 Å². The summed E-state index contributed by atoms with van der Waals surface area (Å²) in [6.07, 6.45) is 0. The molecule has 0 atom stereocenters. The Morgan fingerprint density at radius 1 is 1.41 bits per heavy atom. The second-order valence-corrected chi connectivity index (χ2v) is 5.67. The van der Waals surface area contributed by atoms with Gasteiger partial charge in [0.05, 0.1) is 12.9 Å². The smallest absolute Gasteiger partial charge is 0.213 e. The van der Waals surface area contributed by atoms with E-state index in [-0.39, 0.29) is 18.8 Å². The second-order valence-electron chi connectivity index (χ2n) is 3.74. The fourth-order valence-electron chi connectivity index (χ4n) is 1.46. The third-order valence-corrected chi connectivity index (χ3v) is 3.66. The van der Waals surface area contributed by atoms with Crippen molar-refractivity contribution in [2.75, 3.05) is 19.4 Å². The van der Waals surface area contributed by atoms with Crippen LogP contribution in [0.5, 0.6) is 5.75 Å². The van der Waals surface area contributed by atoms with E-state index >= 15 is 0 Å². The van der Waals surface area contributed by atoms with E-state index in [0.717, 1.165) is 11.1 Å². The molecule has 0 unspecified atom stereocenters. The lowest BCUT2D eigenvalue weighted by Crippen LogP contribution is -2.29. The van der Waals surface area contributed by atoms with Crippen LogP contribution in [0, 0.1) is 6.92 Å². The molecule has 1 aromatic carbocycles. The van der Waals surface area contributed by atoms with Gasteiger partial charge in [-0.1, -0.05) is 17.7 Å². The summed E-state index contributed by atoms with van der Waals surface area (Å²) in [4.78, 5) is 0. The zero-order chi connectivity index (χ0) is 12.9. The highest BCUT2D eigenvalue weighted by Gasteiger charge is 2.10. The van der Waals surface area contributed by atoms with E-state index in [0.29, 0.717) is 5.75 Å². The highest BCUT2D eigenvalue weighted by atomic mass is 32.2.